The minimum Gasteiger partial charge on any atom is -0.507 e. The van der Waals surface area contributed by atoms with Crippen LogP contribution >= 0.6 is 0 Å². The molecule has 0 aliphatic carbocycles. The van der Waals surface area contributed by atoms with Crippen LogP contribution < -0.4 is 4.90 Å². The number of aromatic hydroxyl groups is 1. The molecule has 0 bridgehead atoms. The van der Waals surface area contributed by atoms with Gasteiger partial charge < -0.3 is 15.1 Å². The maximum atomic E-state index is 10.0. The number of anilines is 1. The van der Waals surface area contributed by atoms with Crippen LogP contribution in [-0.2, 0) is 0 Å². The first-order valence-electron chi connectivity index (χ1n) is 9.71. The van der Waals surface area contributed by atoms with Gasteiger partial charge in [0.2, 0.25) is 0 Å². The van der Waals surface area contributed by atoms with E-state index in [-0.39, 0.29) is 6.61 Å². The number of rotatable bonds is 4. The minimum atomic E-state index is 0.203. The van der Waals surface area contributed by atoms with Crippen LogP contribution in [-0.4, -0.2) is 64.4 Å². The zero-order valence-electron chi connectivity index (χ0n) is 16.4. The number of benzene rings is 2. The van der Waals surface area contributed by atoms with Gasteiger partial charge in [0.05, 0.1) is 23.8 Å². The number of aromatic nitrogens is 2. The first-order valence-corrected chi connectivity index (χ1v) is 9.71. The Labute approximate surface area is 165 Å². The van der Waals surface area contributed by atoms with Gasteiger partial charge in [0.1, 0.15) is 11.6 Å². The van der Waals surface area contributed by atoms with E-state index in [2.05, 4.69) is 26.9 Å². The van der Waals surface area contributed by atoms with Crippen LogP contribution in [0.3, 0.4) is 0 Å². The number of aliphatic hydroxyl groups is 1. The van der Waals surface area contributed by atoms with Crippen molar-refractivity contribution in [2.45, 2.75) is 13.8 Å². The minimum absolute atomic E-state index is 0.203. The molecule has 1 fully saturated rings. The summed E-state index contributed by atoms with van der Waals surface area (Å²) < 4.78 is 0. The third-order valence-electron chi connectivity index (χ3n) is 5.47. The predicted octanol–water partition coefficient (Wildman–Crippen LogP) is 2.73. The Hall–Kier alpha value is -2.70. The van der Waals surface area contributed by atoms with Gasteiger partial charge in [-0.3, -0.25) is 9.88 Å². The molecule has 6 heteroatoms. The molecule has 2 N–H and O–H groups in total. The van der Waals surface area contributed by atoms with E-state index in [0.717, 1.165) is 71.8 Å². The van der Waals surface area contributed by atoms with Gasteiger partial charge in [-0.1, -0.05) is 6.07 Å². The van der Waals surface area contributed by atoms with E-state index in [0.29, 0.717) is 5.75 Å². The van der Waals surface area contributed by atoms with Gasteiger partial charge in [-0.15, -0.1) is 0 Å². The largest absolute Gasteiger partial charge is 0.507 e. The molecular formula is C22H26N4O2. The lowest BCUT2D eigenvalue weighted by Crippen LogP contribution is -2.47. The third-order valence-corrected chi connectivity index (χ3v) is 5.47. The smallest absolute Gasteiger partial charge is 0.147 e. The Bertz CT molecular complexity index is 974. The molecule has 2 heterocycles. The summed E-state index contributed by atoms with van der Waals surface area (Å²) in [4.78, 5) is 14.0. The molecule has 3 aromatic rings. The van der Waals surface area contributed by atoms with Crippen LogP contribution in [0, 0.1) is 13.8 Å². The topological polar surface area (TPSA) is 72.7 Å². The molecule has 0 saturated carbocycles. The third kappa shape index (κ3) is 3.66. The fraction of sp³-hybridized carbons (Fsp3) is 0.364. The molecule has 2 aromatic carbocycles. The number of β-amino-alcohol motifs (C(OH)–C–C–N with tert-alkyl or cyclic N) is 1. The Balaban J connectivity index is 1.63. The van der Waals surface area contributed by atoms with Crippen molar-refractivity contribution >= 4 is 16.9 Å². The Morgan fingerprint density at radius 1 is 0.929 bits per heavy atom. The number of piperazine rings is 1. The molecule has 0 amide bonds. The molecule has 0 spiro atoms. The highest BCUT2D eigenvalue weighted by Gasteiger charge is 2.18. The molecule has 1 aliphatic heterocycles. The summed E-state index contributed by atoms with van der Waals surface area (Å²) >= 11 is 0. The van der Waals surface area contributed by atoms with E-state index < -0.39 is 0 Å². The Morgan fingerprint density at radius 2 is 1.64 bits per heavy atom. The van der Waals surface area contributed by atoms with Crippen molar-refractivity contribution < 1.29 is 10.2 Å². The van der Waals surface area contributed by atoms with E-state index in [1.807, 2.05) is 38.2 Å². The van der Waals surface area contributed by atoms with Crippen molar-refractivity contribution in [2.75, 3.05) is 44.2 Å². The highest BCUT2D eigenvalue weighted by molar-refractivity contribution is 5.82. The average molecular weight is 378 g/mol. The van der Waals surface area contributed by atoms with Gasteiger partial charge in [-0.2, -0.15) is 0 Å². The number of phenols is 1. The lowest BCUT2D eigenvalue weighted by molar-refractivity contribution is 0.188. The predicted molar refractivity (Wildman–Crippen MR) is 112 cm³/mol. The van der Waals surface area contributed by atoms with Crippen molar-refractivity contribution in [3.05, 3.63) is 47.7 Å². The monoisotopic (exact) mass is 378 g/mol. The fourth-order valence-electron chi connectivity index (χ4n) is 3.80. The molecule has 6 nitrogen and oxygen atoms in total. The Morgan fingerprint density at radius 3 is 2.32 bits per heavy atom. The second-order valence-electron chi connectivity index (χ2n) is 7.44. The highest BCUT2D eigenvalue weighted by Crippen LogP contribution is 2.30. The summed E-state index contributed by atoms with van der Waals surface area (Å²) in [5.41, 5.74) is 5.62. The van der Waals surface area contributed by atoms with Crippen LogP contribution in [0.25, 0.3) is 22.2 Å². The van der Waals surface area contributed by atoms with E-state index in [1.165, 1.54) is 0 Å². The lowest BCUT2D eigenvalue weighted by atomic mass is 9.99. The van der Waals surface area contributed by atoms with E-state index in [9.17, 15) is 5.11 Å². The fourth-order valence-corrected chi connectivity index (χ4v) is 3.80. The van der Waals surface area contributed by atoms with Crippen LogP contribution in [0.5, 0.6) is 5.75 Å². The first kappa shape index (κ1) is 18.7. The number of fused-ring (bicyclic) bond motifs is 1. The van der Waals surface area contributed by atoms with Gasteiger partial charge >= 0.3 is 0 Å². The number of aryl methyl sites for hydroxylation is 2. The SMILES string of the molecule is Cc1cc(-c2ccc3ncc(N4CCN(CCO)CC4)nc3c2)cc(C)c1O. The number of nitrogens with zero attached hydrogens (tertiary/aromatic N) is 4. The normalized spacial score (nSPS) is 15.3. The molecule has 0 unspecified atom stereocenters. The molecule has 1 aromatic heterocycles. The van der Waals surface area contributed by atoms with Crippen LogP contribution in [0.15, 0.2) is 36.5 Å². The van der Waals surface area contributed by atoms with E-state index in [1.54, 1.807) is 0 Å². The van der Waals surface area contributed by atoms with Crippen molar-refractivity contribution in [3.8, 4) is 16.9 Å². The van der Waals surface area contributed by atoms with E-state index >= 15 is 0 Å². The molecule has 1 saturated heterocycles. The van der Waals surface area contributed by atoms with Crippen molar-refractivity contribution in [1.82, 2.24) is 14.9 Å². The van der Waals surface area contributed by atoms with Crippen LogP contribution in [0.1, 0.15) is 11.1 Å². The standard InChI is InChI=1S/C22H26N4O2/c1-15-11-18(12-16(2)22(15)28)17-3-4-19-20(13-17)24-21(14-23-19)26-7-5-25(6-8-26)9-10-27/h3-4,11-14,27-28H,5-10H2,1-2H3. The number of aliphatic hydroxyl groups excluding tert-OH is 1. The van der Waals surface area contributed by atoms with Gasteiger partial charge in [-0.05, 0) is 60.4 Å². The molecule has 146 valence electrons. The highest BCUT2D eigenvalue weighted by atomic mass is 16.3. The van der Waals surface area contributed by atoms with Gasteiger partial charge in [0, 0.05) is 32.7 Å². The molecular weight excluding hydrogens is 352 g/mol. The number of hydrogen-bond donors (Lipinski definition) is 2. The second-order valence-corrected chi connectivity index (χ2v) is 7.44. The quantitative estimate of drug-likeness (QED) is 0.727. The maximum absolute atomic E-state index is 10.0. The summed E-state index contributed by atoms with van der Waals surface area (Å²) in [6.45, 7) is 8.38. The van der Waals surface area contributed by atoms with Crippen molar-refractivity contribution in [2.24, 2.45) is 0 Å². The summed E-state index contributed by atoms with van der Waals surface area (Å²) in [5, 5.41) is 19.1. The molecule has 1 aliphatic rings. The maximum Gasteiger partial charge on any atom is 0.147 e. The van der Waals surface area contributed by atoms with Gasteiger partial charge in [0.25, 0.3) is 0 Å². The molecule has 0 radical (unpaired) electrons. The summed E-state index contributed by atoms with van der Waals surface area (Å²) in [6.07, 6.45) is 1.85. The number of hydrogen-bond acceptors (Lipinski definition) is 6. The molecule has 4 rings (SSSR count). The van der Waals surface area contributed by atoms with E-state index in [4.69, 9.17) is 10.1 Å². The van der Waals surface area contributed by atoms with Gasteiger partial charge in [0.15, 0.2) is 0 Å². The zero-order chi connectivity index (χ0) is 19.7. The van der Waals surface area contributed by atoms with Gasteiger partial charge in [-0.25, -0.2) is 4.98 Å². The first-order chi connectivity index (χ1) is 13.5. The zero-order valence-corrected chi connectivity index (χ0v) is 16.4. The summed E-state index contributed by atoms with van der Waals surface area (Å²) in [5.74, 6) is 1.25. The van der Waals surface area contributed by atoms with Crippen LogP contribution in [0.4, 0.5) is 5.82 Å². The van der Waals surface area contributed by atoms with Crippen molar-refractivity contribution in [1.29, 1.82) is 0 Å². The average Bonchev–Trinajstić information content (AvgIpc) is 2.71. The lowest BCUT2D eigenvalue weighted by Gasteiger charge is -2.34. The molecule has 28 heavy (non-hydrogen) atoms. The number of phenolic OH excluding ortho intramolecular Hbond substituents is 1. The summed E-state index contributed by atoms with van der Waals surface area (Å²) in [7, 11) is 0. The second kappa shape index (κ2) is 7.73. The Kier molecular flexibility index (Phi) is 5.15. The van der Waals surface area contributed by atoms with Crippen molar-refractivity contribution in [3.63, 3.8) is 0 Å². The summed E-state index contributed by atoms with van der Waals surface area (Å²) in [6, 6.07) is 10.1. The molecule has 0 atom stereocenters. The van der Waals surface area contributed by atoms with Crippen LogP contribution in [0.2, 0.25) is 0 Å².